The van der Waals surface area contributed by atoms with Crippen LogP contribution >= 0.6 is 11.6 Å². The Morgan fingerprint density at radius 3 is 2.74 bits per heavy atom. The molecule has 1 aromatic carbocycles. The van der Waals surface area contributed by atoms with Gasteiger partial charge >= 0.3 is 0 Å². The first-order valence-electron chi connectivity index (χ1n) is 9.59. The van der Waals surface area contributed by atoms with E-state index >= 15 is 0 Å². The lowest BCUT2D eigenvalue weighted by Gasteiger charge is -2.42. The van der Waals surface area contributed by atoms with Crippen molar-refractivity contribution in [2.24, 2.45) is 5.92 Å². The van der Waals surface area contributed by atoms with Gasteiger partial charge in [0, 0.05) is 62.1 Å². The summed E-state index contributed by atoms with van der Waals surface area (Å²) in [6.07, 6.45) is 2.34. The number of anilines is 1. The molecule has 1 atom stereocenters. The Hall–Kier alpha value is -1.63. The zero-order valence-corrected chi connectivity index (χ0v) is 16.8. The summed E-state index contributed by atoms with van der Waals surface area (Å²) < 4.78 is 5.38. The maximum atomic E-state index is 12.8. The van der Waals surface area contributed by atoms with Crippen LogP contribution in [0.1, 0.15) is 30.9 Å². The predicted molar refractivity (Wildman–Crippen MR) is 106 cm³/mol. The number of piperazine rings is 1. The highest BCUT2D eigenvalue weighted by Gasteiger charge is 2.32. The van der Waals surface area contributed by atoms with Crippen LogP contribution in [0.15, 0.2) is 12.1 Å². The molecule has 1 N–H and O–H groups in total. The van der Waals surface area contributed by atoms with Crippen molar-refractivity contribution in [3.8, 4) is 0 Å². The number of benzene rings is 1. The van der Waals surface area contributed by atoms with Crippen LogP contribution in [0.25, 0.3) is 0 Å². The normalized spacial score (nSPS) is 21.9. The second-order valence-corrected chi connectivity index (χ2v) is 7.94. The molecule has 148 valence electrons. The van der Waals surface area contributed by atoms with Crippen molar-refractivity contribution in [1.29, 1.82) is 0 Å². The number of halogens is 1. The molecule has 0 saturated carbocycles. The molecule has 27 heavy (non-hydrogen) atoms. The number of carbonyl (C=O) groups excluding carboxylic acids is 2. The van der Waals surface area contributed by atoms with E-state index in [1.807, 2.05) is 17.9 Å². The molecule has 6 nitrogen and oxygen atoms in total. The number of ether oxygens (including phenoxy) is 1. The Morgan fingerprint density at radius 1 is 1.33 bits per heavy atom. The minimum Gasteiger partial charge on any atom is -0.381 e. The van der Waals surface area contributed by atoms with Gasteiger partial charge in [-0.1, -0.05) is 11.6 Å². The van der Waals surface area contributed by atoms with Crippen molar-refractivity contribution in [3.05, 3.63) is 28.3 Å². The molecule has 2 amide bonds. The fraction of sp³-hybridized carbons (Fsp3) is 0.600. The average Bonchev–Trinajstić information content (AvgIpc) is 2.66. The number of hydrogen-bond donors (Lipinski definition) is 1. The highest BCUT2D eigenvalue weighted by Crippen LogP contribution is 2.27. The smallest absolute Gasteiger partial charge is 0.226 e. The Bertz CT molecular complexity index is 691. The zero-order valence-electron chi connectivity index (χ0n) is 16.0. The van der Waals surface area contributed by atoms with Gasteiger partial charge in [-0.15, -0.1) is 0 Å². The van der Waals surface area contributed by atoms with E-state index in [9.17, 15) is 9.59 Å². The summed E-state index contributed by atoms with van der Waals surface area (Å²) >= 11 is 6.22. The highest BCUT2D eigenvalue weighted by molar-refractivity contribution is 6.31. The summed E-state index contributed by atoms with van der Waals surface area (Å²) in [6, 6.07) is 3.90. The van der Waals surface area contributed by atoms with Gasteiger partial charge in [0.25, 0.3) is 0 Å². The highest BCUT2D eigenvalue weighted by atomic mass is 35.5. The van der Waals surface area contributed by atoms with Gasteiger partial charge in [0.15, 0.2) is 0 Å². The topological polar surface area (TPSA) is 61.9 Å². The van der Waals surface area contributed by atoms with E-state index in [1.165, 1.54) is 0 Å². The molecule has 0 aliphatic carbocycles. The standard InChI is InChI=1S/C20H28ClN3O3/c1-14-11-23(5-6-24(14)20(26)16-3-7-27-8-4-16)12-17-9-18(21)10-19(15(17)2)22-13-25/h9-10,13-14,16H,3-8,11-12H2,1-2H3,(H,22,25)/t14-/m0/s1. The first kappa shape index (κ1) is 20.1. The maximum Gasteiger partial charge on any atom is 0.226 e. The molecule has 2 heterocycles. The summed E-state index contributed by atoms with van der Waals surface area (Å²) in [5.41, 5.74) is 2.87. The minimum atomic E-state index is 0.111. The quantitative estimate of drug-likeness (QED) is 0.781. The maximum absolute atomic E-state index is 12.8. The van der Waals surface area contributed by atoms with Gasteiger partial charge in [0.1, 0.15) is 0 Å². The summed E-state index contributed by atoms with van der Waals surface area (Å²) in [6.45, 7) is 8.66. The van der Waals surface area contributed by atoms with Crippen LogP contribution < -0.4 is 5.32 Å². The Labute approximate surface area is 165 Å². The number of rotatable bonds is 5. The minimum absolute atomic E-state index is 0.111. The van der Waals surface area contributed by atoms with Crippen LogP contribution in [0.2, 0.25) is 5.02 Å². The molecule has 0 unspecified atom stereocenters. The average molecular weight is 394 g/mol. The van der Waals surface area contributed by atoms with E-state index in [2.05, 4.69) is 17.1 Å². The molecular weight excluding hydrogens is 366 g/mol. The second kappa shape index (κ2) is 9.04. The van der Waals surface area contributed by atoms with Crippen LogP contribution in [0, 0.1) is 12.8 Å². The van der Waals surface area contributed by atoms with E-state index in [0.717, 1.165) is 55.8 Å². The molecule has 1 aromatic rings. The van der Waals surface area contributed by atoms with E-state index in [-0.39, 0.29) is 17.9 Å². The molecule has 0 aromatic heterocycles. The van der Waals surface area contributed by atoms with Gasteiger partial charge < -0.3 is 15.0 Å². The number of hydrogen-bond acceptors (Lipinski definition) is 4. The third-order valence-electron chi connectivity index (χ3n) is 5.65. The van der Waals surface area contributed by atoms with E-state index in [4.69, 9.17) is 16.3 Å². The van der Waals surface area contributed by atoms with Gasteiger partial charge in [-0.2, -0.15) is 0 Å². The summed E-state index contributed by atoms with van der Waals surface area (Å²) in [7, 11) is 0. The lowest BCUT2D eigenvalue weighted by atomic mass is 9.97. The van der Waals surface area contributed by atoms with Crippen LogP contribution in [-0.4, -0.2) is 61.0 Å². The van der Waals surface area contributed by atoms with Gasteiger partial charge in [0.2, 0.25) is 12.3 Å². The molecule has 0 spiro atoms. The Morgan fingerprint density at radius 2 is 2.07 bits per heavy atom. The van der Waals surface area contributed by atoms with E-state index in [1.54, 1.807) is 6.07 Å². The van der Waals surface area contributed by atoms with Crippen molar-refractivity contribution in [3.63, 3.8) is 0 Å². The van der Waals surface area contributed by atoms with Gasteiger partial charge in [-0.3, -0.25) is 14.5 Å². The molecule has 0 radical (unpaired) electrons. The Balaban J connectivity index is 1.63. The van der Waals surface area contributed by atoms with Crippen molar-refractivity contribution in [2.45, 2.75) is 39.3 Å². The van der Waals surface area contributed by atoms with E-state index in [0.29, 0.717) is 24.6 Å². The molecule has 7 heteroatoms. The van der Waals surface area contributed by atoms with Crippen molar-refractivity contribution in [2.75, 3.05) is 38.2 Å². The van der Waals surface area contributed by atoms with Crippen molar-refractivity contribution < 1.29 is 14.3 Å². The fourth-order valence-electron chi connectivity index (χ4n) is 4.04. The lowest BCUT2D eigenvalue weighted by Crippen LogP contribution is -2.55. The molecular formula is C20H28ClN3O3. The molecule has 2 aliphatic heterocycles. The number of carbonyl (C=O) groups is 2. The summed E-state index contributed by atoms with van der Waals surface area (Å²) in [4.78, 5) is 28.0. The first-order valence-corrected chi connectivity index (χ1v) is 9.97. The molecule has 0 bridgehead atoms. The molecule has 3 rings (SSSR count). The molecule has 2 fully saturated rings. The lowest BCUT2D eigenvalue weighted by molar-refractivity contribution is -0.143. The number of amides is 2. The predicted octanol–water partition coefficient (Wildman–Crippen LogP) is 2.68. The number of nitrogens with zero attached hydrogens (tertiary/aromatic N) is 2. The van der Waals surface area contributed by atoms with Crippen molar-refractivity contribution in [1.82, 2.24) is 9.80 Å². The monoisotopic (exact) mass is 393 g/mol. The molecule has 2 saturated heterocycles. The first-order chi connectivity index (χ1) is 13.0. The fourth-order valence-corrected chi connectivity index (χ4v) is 4.28. The van der Waals surface area contributed by atoms with Crippen molar-refractivity contribution >= 4 is 29.6 Å². The largest absolute Gasteiger partial charge is 0.381 e. The SMILES string of the molecule is Cc1c(CN2CCN(C(=O)C3CCOCC3)[C@@H](C)C2)cc(Cl)cc1NC=O. The number of nitrogens with one attached hydrogen (secondary N) is 1. The Kier molecular flexibility index (Phi) is 6.73. The third-order valence-corrected chi connectivity index (χ3v) is 5.87. The van der Waals surface area contributed by atoms with Gasteiger partial charge in [-0.25, -0.2) is 0 Å². The second-order valence-electron chi connectivity index (χ2n) is 7.50. The summed E-state index contributed by atoms with van der Waals surface area (Å²) in [5, 5.41) is 3.33. The van der Waals surface area contributed by atoms with Crippen LogP contribution in [0.4, 0.5) is 5.69 Å². The van der Waals surface area contributed by atoms with E-state index < -0.39 is 0 Å². The third kappa shape index (κ3) is 4.81. The summed E-state index contributed by atoms with van der Waals surface area (Å²) in [5.74, 6) is 0.391. The van der Waals surface area contributed by atoms with Crippen LogP contribution in [0.3, 0.4) is 0 Å². The zero-order chi connectivity index (χ0) is 19.4. The molecule has 2 aliphatic rings. The van der Waals surface area contributed by atoms with Gasteiger partial charge in [0.05, 0.1) is 0 Å². The van der Waals surface area contributed by atoms with Gasteiger partial charge in [-0.05, 0) is 49.9 Å². The van der Waals surface area contributed by atoms with Crippen LogP contribution in [0.5, 0.6) is 0 Å². The van der Waals surface area contributed by atoms with Crippen LogP contribution in [-0.2, 0) is 20.9 Å².